The van der Waals surface area contributed by atoms with Crippen LogP contribution in [0.4, 0.5) is 10.1 Å². The predicted molar refractivity (Wildman–Crippen MR) is 66.7 cm³/mol. The molecule has 1 rings (SSSR count). The number of aliphatic hydroxyl groups is 1. The molecule has 1 aromatic carbocycles. The number of nitrogens with one attached hydrogen (secondary N) is 1. The fourth-order valence-corrected chi connectivity index (χ4v) is 1.16. The molecule has 0 aromatic heterocycles. The minimum Gasteiger partial charge on any atom is -0.460 e. The molecule has 5 heteroatoms. The van der Waals surface area contributed by atoms with Gasteiger partial charge in [-0.25, -0.2) is 9.18 Å². The van der Waals surface area contributed by atoms with Crippen molar-refractivity contribution in [1.82, 2.24) is 0 Å². The quantitative estimate of drug-likeness (QED) is 0.598. The van der Waals surface area contributed by atoms with Crippen molar-refractivity contribution in [2.75, 3.05) is 18.5 Å². The lowest BCUT2D eigenvalue weighted by atomic mass is 10.3. The van der Waals surface area contributed by atoms with E-state index in [2.05, 4.69) is 11.9 Å². The number of ether oxygens (including phenoxy) is 1. The van der Waals surface area contributed by atoms with Gasteiger partial charge in [-0.05, 0) is 31.2 Å². The maximum atomic E-state index is 12.6. The van der Waals surface area contributed by atoms with Crippen LogP contribution in [0, 0.1) is 5.82 Å². The van der Waals surface area contributed by atoms with E-state index in [1.54, 1.807) is 12.1 Å². The smallest absolute Gasteiger partial charge is 0.333 e. The molecule has 0 aliphatic rings. The van der Waals surface area contributed by atoms with Crippen molar-refractivity contribution in [3.8, 4) is 0 Å². The Morgan fingerprint density at radius 1 is 1.50 bits per heavy atom. The fourth-order valence-electron chi connectivity index (χ4n) is 1.16. The first-order valence-electron chi connectivity index (χ1n) is 5.49. The van der Waals surface area contributed by atoms with E-state index in [1.807, 2.05) is 0 Å². The van der Waals surface area contributed by atoms with Gasteiger partial charge in [-0.2, -0.15) is 0 Å². The summed E-state index contributed by atoms with van der Waals surface area (Å²) in [6.45, 7) is 5.05. The number of hydrogen-bond donors (Lipinski definition) is 2. The number of carbonyl (C=O) groups is 1. The van der Waals surface area contributed by atoms with Crippen LogP contribution in [0.15, 0.2) is 36.4 Å². The van der Waals surface area contributed by atoms with Gasteiger partial charge in [-0.1, -0.05) is 6.58 Å². The molecule has 98 valence electrons. The number of anilines is 1. The third-order valence-electron chi connectivity index (χ3n) is 2.14. The van der Waals surface area contributed by atoms with Crippen LogP contribution in [-0.4, -0.2) is 30.3 Å². The van der Waals surface area contributed by atoms with Crippen LogP contribution >= 0.6 is 0 Å². The Kier molecular flexibility index (Phi) is 5.32. The van der Waals surface area contributed by atoms with E-state index >= 15 is 0 Å². The Morgan fingerprint density at radius 3 is 2.67 bits per heavy atom. The summed E-state index contributed by atoms with van der Waals surface area (Å²) < 4.78 is 17.4. The zero-order valence-electron chi connectivity index (χ0n) is 10.1. The Labute approximate surface area is 105 Å². The summed E-state index contributed by atoms with van der Waals surface area (Å²) in [4.78, 5) is 11.1. The second kappa shape index (κ2) is 6.76. The number of esters is 1. The van der Waals surface area contributed by atoms with E-state index < -0.39 is 12.1 Å². The Hall–Kier alpha value is -1.88. The summed E-state index contributed by atoms with van der Waals surface area (Å²) in [7, 11) is 0. The molecular weight excluding hydrogens is 237 g/mol. The number of rotatable bonds is 6. The Bertz CT molecular complexity index is 417. The fraction of sp³-hybridized carbons (Fsp3) is 0.308. The SMILES string of the molecule is C=C(C)C(=O)OCC(O)CNc1ccc(F)cc1. The Balaban J connectivity index is 2.28. The lowest BCUT2D eigenvalue weighted by Crippen LogP contribution is -2.26. The van der Waals surface area contributed by atoms with Crippen molar-refractivity contribution < 1.29 is 19.0 Å². The molecule has 4 nitrogen and oxygen atoms in total. The minimum absolute atomic E-state index is 0.111. The first-order chi connectivity index (χ1) is 8.49. The highest BCUT2D eigenvalue weighted by Crippen LogP contribution is 2.08. The average molecular weight is 253 g/mol. The van der Waals surface area contributed by atoms with Crippen molar-refractivity contribution in [3.63, 3.8) is 0 Å². The largest absolute Gasteiger partial charge is 0.460 e. The highest BCUT2D eigenvalue weighted by atomic mass is 19.1. The standard InChI is InChI=1S/C13H16FNO3/c1-9(2)13(17)18-8-12(16)7-15-11-5-3-10(14)4-6-11/h3-6,12,15-16H,1,7-8H2,2H3. The Morgan fingerprint density at radius 2 is 2.11 bits per heavy atom. The van der Waals surface area contributed by atoms with Crippen LogP contribution in [0.3, 0.4) is 0 Å². The van der Waals surface area contributed by atoms with Gasteiger partial charge >= 0.3 is 5.97 Å². The van der Waals surface area contributed by atoms with Crippen LogP contribution in [0.1, 0.15) is 6.92 Å². The van der Waals surface area contributed by atoms with Gasteiger partial charge in [0.2, 0.25) is 0 Å². The molecule has 0 saturated carbocycles. The average Bonchev–Trinajstić information content (AvgIpc) is 2.35. The molecule has 0 amide bonds. The summed E-state index contributed by atoms with van der Waals surface area (Å²) in [5, 5.41) is 12.4. The van der Waals surface area contributed by atoms with Crippen molar-refractivity contribution in [3.05, 3.63) is 42.2 Å². The number of benzene rings is 1. The van der Waals surface area contributed by atoms with E-state index in [-0.39, 0.29) is 24.5 Å². The molecule has 0 radical (unpaired) electrons. The zero-order valence-corrected chi connectivity index (χ0v) is 10.1. The van der Waals surface area contributed by atoms with Crippen LogP contribution in [0.2, 0.25) is 0 Å². The molecule has 0 aliphatic carbocycles. The maximum Gasteiger partial charge on any atom is 0.333 e. The topological polar surface area (TPSA) is 58.6 Å². The normalized spacial score (nSPS) is 11.7. The first-order valence-corrected chi connectivity index (χ1v) is 5.49. The van der Waals surface area contributed by atoms with Gasteiger partial charge in [0, 0.05) is 17.8 Å². The summed E-state index contributed by atoms with van der Waals surface area (Å²) in [5.74, 6) is -0.854. The van der Waals surface area contributed by atoms with E-state index in [9.17, 15) is 14.3 Å². The molecule has 0 spiro atoms. The van der Waals surface area contributed by atoms with Crippen molar-refractivity contribution in [2.24, 2.45) is 0 Å². The first kappa shape index (κ1) is 14.2. The third kappa shape index (κ3) is 4.97. The lowest BCUT2D eigenvalue weighted by Gasteiger charge is -2.13. The number of carbonyl (C=O) groups excluding carboxylic acids is 1. The molecule has 0 bridgehead atoms. The van der Waals surface area contributed by atoms with Crippen molar-refractivity contribution in [2.45, 2.75) is 13.0 Å². The molecule has 2 N–H and O–H groups in total. The summed E-state index contributed by atoms with van der Waals surface area (Å²) in [6.07, 6.45) is -0.835. The number of halogens is 1. The number of hydrogen-bond acceptors (Lipinski definition) is 4. The van der Waals surface area contributed by atoms with E-state index in [0.717, 1.165) is 0 Å². The molecule has 0 heterocycles. The lowest BCUT2D eigenvalue weighted by molar-refractivity contribution is -0.141. The monoisotopic (exact) mass is 253 g/mol. The van der Waals surface area contributed by atoms with Gasteiger partial charge in [0.15, 0.2) is 0 Å². The van der Waals surface area contributed by atoms with E-state index in [4.69, 9.17) is 4.74 Å². The van der Waals surface area contributed by atoms with Crippen LogP contribution in [0.5, 0.6) is 0 Å². The van der Waals surface area contributed by atoms with Gasteiger partial charge in [0.25, 0.3) is 0 Å². The van der Waals surface area contributed by atoms with Crippen LogP contribution in [-0.2, 0) is 9.53 Å². The van der Waals surface area contributed by atoms with Crippen molar-refractivity contribution in [1.29, 1.82) is 0 Å². The zero-order chi connectivity index (χ0) is 13.5. The highest BCUT2D eigenvalue weighted by molar-refractivity contribution is 5.86. The van der Waals surface area contributed by atoms with E-state index in [1.165, 1.54) is 19.1 Å². The second-order valence-electron chi connectivity index (χ2n) is 3.92. The highest BCUT2D eigenvalue weighted by Gasteiger charge is 2.09. The van der Waals surface area contributed by atoms with Gasteiger partial charge in [0.05, 0.1) is 0 Å². The third-order valence-corrected chi connectivity index (χ3v) is 2.14. The predicted octanol–water partition coefficient (Wildman–Crippen LogP) is 1.72. The van der Waals surface area contributed by atoms with Gasteiger partial charge in [-0.3, -0.25) is 0 Å². The molecule has 0 aliphatic heterocycles. The summed E-state index contributed by atoms with van der Waals surface area (Å²) in [5.41, 5.74) is 0.968. The summed E-state index contributed by atoms with van der Waals surface area (Å²) in [6, 6.07) is 5.75. The molecule has 0 fully saturated rings. The molecule has 18 heavy (non-hydrogen) atoms. The molecule has 1 atom stereocenters. The van der Waals surface area contributed by atoms with Crippen LogP contribution in [0.25, 0.3) is 0 Å². The molecule has 1 aromatic rings. The maximum absolute atomic E-state index is 12.6. The minimum atomic E-state index is -0.835. The number of aliphatic hydroxyl groups excluding tert-OH is 1. The summed E-state index contributed by atoms with van der Waals surface area (Å²) >= 11 is 0. The molecular formula is C13H16FNO3. The van der Waals surface area contributed by atoms with Gasteiger partial charge < -0.3 is 15.2 Å². The van der Waals surface area contributed by atoms with Gasteiger partial charge in [0.1, 0.15) is 18.5 Å². The van der Waals surface area contributed by atoms with Crippen molar-refractivity contribution >= 4 is 11.7 Å². The molecule has 0 saturated heterocycles. The van der Waals surface area contributed by atoms with E-state index in [0.29, 0.717) is 5.69 Å². The molecule has 1 unspecified atom stereocenters. The second-order valence-corrected chi connectivity index (χ2v) is 3.92. The van der Waals surface area contributed by atoms with Crippen LogP contribution < -0.4 is 5.32 Å². The van der Waals surface area contributed by atoms with Gasteiger partial charge in [-0.15, -0.1) is 0 Å².